The van der Waals surface area contributed by atoms with Gasteiger partial charge in [-0.15, -0.1) is 0 Å². The van der Waals surface area contributed by atoms with Gasteiger partial charge in [0.1, 0.15) is 0 Å². The summed E-state index contributed by atoms with van der Waals surface area (Å²) in [5, 5.41) is 6.77. The van der Waals surface area contributed by atoms with Gasteiger partial charge in [0.2, 0.25) is 11.8 Å². The maximum Gasteiger partial charge on any atom is 0.233 e. The number of imide groups is 1. The molecular weight excluding hydrogens is 366 g/mol. The van der Waals surface area contributed by atoms with E-state index in [4.69, 9.17) is 0 Å². The summed E-state index contributed by atoms with van der Waals surface area (Å²) in [4.78, 5) is 33.8. The minimum Gasteiger partial charge on any atom is -0.356 e. The van der Waals surface area contributed by atoms with Gasteiger partial charge in [-0.1, -0.05) is 19.1 Å². The molecule has 0 aromatic heterocycles. The molecule has 7 nitrogen and oxygen atoms in total. The van der Waals surface area contributed by atoms with Gasteiger partial charge in [-0.25, -0.2) is 0 Å². The van der Waals surface area contributed by atoms with Crippen LogP contribution in [0.15, 0.2) is 17.1 Å². The zero-order valence-electron chi connectivity index (χ0n) is 17.8. The van der Waals surface area contributed by atoms with Crippen LogP contribution in [0, 0.1) is 29.6 Å². The van der Waals surface area contributed by atoms with Gasteiger partial charge < -0.3 is 15.5 Å². The van der Waals surface area contributed by atoms with Crippen LogP contribution >= 0.6 is 0 Å². The van der Waals surface area contributed by atoms with Gasteiger partial charge in [-0.2, -0.15) is 0 Å². The number of rotatable bonds is 7. The Hall–Kier alpha value is -1.89. The summed E-state index contributed by atoms with van der Waals surface area (Å²) in [7, 11) is 1.78. The minimum absolute atomic E-state index is 0.0529. The lowest BCUT2D eigenvalue weighted by Gasteiger charge is -2.32. The number of piperidine rings is 1. The maximum absolute atomic E-state index is 12.7. The number of carbonyl (C=O) groups excluding carboxylic acids is 2. The van der Waals surface area contributed by atoms with Crippen LogP contribution in [0.25, 0.3) is 0 Å². The fraction of sp³-hybridized carbons (Fsp3) is 0.773. The minimum atomic E-state index is -0.0851. The number of hydrogen-bond donors (Lipinski definition) is 2. The molecule has 160 valence electrons. The average Bonchev–Trinajstić information content (AvgIpc) is 3.42. The molecule has 0 aromatic rings. The number of allylic oxidation sites excluding steroid dienone is 2. The maximum atomic E-state index is 12.7. The molecule has 2 heterocycles. The molecular formula is C22H35N5O2. The highest BCUT2D eigenvalue weighted by molar-refractivity contribution is 6.06. The summed E-state index contributed by atoms with van der Waals surface area (Å²) in [6, 6.07) is 0. The SMILES string of the molecule is CCN1CCCC(CNC(=NC)NCCCN2C(=O)C3C4C=CC(C4)C3C2=O)C1. The van der Waals surface area contributed by atoms with E-state index in [1.807, 2.05) is 0 Å². The van der Waals surface area contributed by atoms with Crippen molar-refractivity contribution >= 4 is 17.8 Å². The Kier molecular flexibility index (Phi) is 6.23. The molecule has 2 bridgehead atoms. The van der Waals surface area contributed by atoms with Crippen molar-refractivity contribution in [2.24, 2.45) is 34.6 Å². The molecule has 7 heteroatoms. The molecule has 2 saturated heterocycles. The molecule has 2 amide bonds. The fourth-order valence-electron chi connectivity index (χ4n) is 5.70. The van der Waals surface area contributed by atoms with Crippen molar-refractivity contribution in [2.75, 3.05) is 46.3 Å². The Bertz CT molecular complexity index is 661. The molecule has 2 aliphatic carbocycles. The van der Waals surface area contributed by atoms with Gasteiger partial charge in [0, 0.05) is 33.2 Å². The van der Waals surface area contributed by atoms with E-state index >= 15 is 0 Å². The second-order valence-electron chi connectivity index (χ2n) is 8.96. The van der Waals surface area contributed by atoms with E-state index < -0.39 is 0 Å². The Balaban J connectivity index is 1.17. The van der Waals surface area contributed by atoms with Crippen molar-refractivity contribution in [3.63, 3.8) is 0 Å². The molecule has 2 N–H and O–H groups in total. The Morgan fingerprint density at radius 2 is 1.90 bits per heavy atom. The van der Waals surface area contributed by atoms with E-state index in [1.165, 1.54) is 24.3 Å². The van der Waals surface area contributed by atoms with Gasteiger partial charge in [0.05, 0.1) is 11.8 Å². The fourth-order valence-corrected chi connectivity index (χ4v) is 5.70. The predicted octanol–water partition coefficient (Wildman–Crippen LogP) is 1.08. The average molecular weight is 402 g/mol. The zero-order chi connectivity index (χ0) is 20.4. The Morgan fingerprint density at radius 1 is 1.17 bits per heavy atom. The molecule has 3 fully saturated rings. The summed E-state index contributed by atoms with van der Waals surface area (Å²) >= 11 is 0. The molecule has 2 aliphatic heterocycles. The molecule has 0 radical (unpaired) electrons. The Labute approximate surface area is 174 Å². The lowest BCUT2D eigenvalue weighted by molar-refractivity contribution is -0.140. The topological polar surface area (TPSA) is 77.0 Å². The van der Waals surface area contributed by atoms with Gasteiger partial charge in [0.15, 0.2) is 5.96 Å². The second-order valence-corrected chi connectivity index (χ2v) is 8.96. The third kappa shape index (κ3) is 4.06. The molecule has 0 spiro atoms. The van der Waals surface area contributed by atoms with Crippen molar-refractivity contribution < 1.29 is 9.59 Å². The van der Waals surface area contributed by atoms with E-state index in [9.17, 15) is 9.59 Å². The Morgan fingerprint density at radius 3 is 2.55 bits per heavy atom. The van der Waals surface area contributed by atoms with Crippen LogP contribution in [0.3, 0.4) is 0 Å². The lowest BCUT2D eigenvalue weighted by Crippen LogP contribution is -2.45. The van der Waals surface area contributed by atoms with E-state index in [0.29, 0.717) is 19.0 Å². The third-order valence-corrected chi connectivity index (χ3v) is 7.24. The normalized spacial score (nSPS) is 34.2. The number of aliphatic imine (C=N–C) groups is 1. The second kappa shape index (κ2) is 8.86. The van der Waals surface area contributed by atoms with Crippen LogP contribution in [0.1, 0.15) is 32.6 Å². The summed E-state index contributed by atoms with van der Waals surface area (Å²) in [6.45, 7) is 7.84. The number of amides is 2. The van der Waals surface area contributed by atoms with Crippen LogP contribution in [-0.4, -0.2) is 73.9 Å². The van der Waals surface area contributed by atoms with Crippen LogP contribution in [0.5, 0.6) is 0 Å². The molecule has 4 aliphatic rings. The lowest BCUT2D eigenvalue weighted by atomic mass is 9.85. The zero-order valence-corrected chi connectivity index (χ0v) is 17.8. The summed E-state index contributed by atoms with van der Waals surface area (Å²) in [5.41, 5.74) is 0. The van der Waals surface area contributed by atoms with Crippen molar-refractivity contribution in [1.29, 1.82) is 0 Å². The van der Waals surface area contributed by atoms with Crippen LogP contribution in [0.4, 0.5) is 0 Å². The van der Waals surface area contributed by atoms with E-state index in [0.717, 1.165) is 38.4 Å². The summed E-state index contributed by atoms with van der Waals surface area (Å²) in [6.07, 6.45) is 8.55. The molecule has 0 aromatic carbocycles. The molecule has 29 heavy (non-hydrogen) atoms. The van der Waals surface area contributed by atoms with Crippen LogP contribution in [-0.2, 0) is 9.59 Å². The molecule has 4 rings (SSSR count). The van der Waals surface area contributed by atoms with E-state index in [-0.39, 0.29) is 35.5 Å². The number of nitrogens with one attached hydrogen (secondary N) is 2. The first-order chi connectivity index (χ1) is 14.1. The highest BCUT2D eigenvalue weighted by Crippen LogP contribution is 2.52. The summed E-state index contributed by atoms with van der Waals surface area (Å²) < 4.78 is 0. The van der Waals surface area contributed by atoms with Gasteiger partial charge in [0.25, 0.3) is 0 Å². The highest BCUT2D eigenvalue weighted by atomic mass is 16.2. The summed E-state index contributed by atoms with van der Waals surface area (Å²) in [5.74, 6) is 1.97. The van der Waals surface area contributed by atoms with Gasteiger partial charge in [-0.3, -0.25) is 19.5 Å². The number of hydrogen-bond acceptors (Lipinski definition) is 4. The van der Waals surface area contributed by atoms with Crippen molar-refractivity contribution in [1.82, 2.24) is 20.4 Å². The predicted molar refractivity (Wildman–Crippen MR) is 113 cm³/mol. The number of carbonyl (C=O) groups is 2. The van der Waals surface area contributed by atoms with Crippen LogP contribution < -0.4 is 10.6 Å². The first-order valence-electron chi connectivity index (χ1n) is 11.3. The molecule has 5 atom stereocenters. The van der Waals surface area contributed by atoms with Crippen molar-refractivity contribution in [3.05, 3.63) is 12.2 Å². The first-order valence-corrected chi connectivity index (χ1v) is 11.3. The number of guanidine groups is 1. The van der Waals surface area contributed by atoms with Gasteiger partial charge in [-0.05, 0) is 56.5 Å². The van der Waals surface area contributed by atoms with Gasteiger partial charge >= 0.3 is 0 Å². The standard InChI is InChI=1S/C22H35N5O2/c1-3-26-10-4-6-15(14-26)13-25-22(23-2)24-9-5-11-27-20(28)18-16-7-8-17(12-16)19(18)21(27)29/h7-8,15-19H,3-6,9-14H2,1-2H3,(H2,23,24,25). The number of fused-ring (bicyclic) bond motifs is 5. The molecule has 1 saturated carbocycles. The van der Waals surface area contributed by atoms with Crippen molar-refractivity contribution in [2.45, 2.75) is 32.6 Å². The smallest absolute Gasteiger partial charge is 0.233 e. The monoisotopic (exact) mass is 401 g/mol. The van der Waals surface area contributed by atoms with E-state index in [2.05, 4.69) is 39.6 Å². The quantitative estimate of drug-likeness (QED) is 0.219. The first kappa shape index (κ1) is 20.4. The number of nitrogens with zero attached hydrogens (tertiary/aromatic N) is 3. The van der Waals surface area contributed by atoms with E-state index in [1.54, 1.807) is 7.05 Å². The van der Waals surface area contributed by atoms with Crippen LogP contribution in [0.2, 0.25) is 0 Å². The largest absolute Gasteiger partial charge is 0.356 e. The third-order valence-electron chi connectivity index (χ3n) is 7.24. The number of likely N-dealkylation sites (tertiary alicyclic amines) is 2. The van der Waals surface area contributed by atoms with Crippen molar-refractivity contribution in [3.8, 4) is 0 Å². The molecule has 5 unspecified atom stereocenters. The highest BCUT2D eigenvalue weighted by Gasteiger charge is 2.58.